The summed E-state index contributed by atoms with van der Waals surface area (Å²) in [6.45, 7) is 3.40. The number of carbonyl (C=O) groups is 1. The normalized spacial score (nSPS) is 15.2. The summed E-state index contributed by atoms with van der Waals surface area (Å²) in [6, 6.07) is 11.1. The van der Waals surface area contributed by atoms with E-state index in [-0.39, 0.29) is 16.7 Å². The lowest BCUT2D eigenvalue weighted by atomic mass is 10.1. The minimum Gasteiger partial charge on any atom is -0.351 e. The second kappa shape index (κ2) is 9.37. The number of hydrogen-bond acceptors (Lipinski definition) is 5. The molecule has 1 aromatic carbocycles. The number of rotatable bonds is 8. The average molecular weight is 442 g/mol. The van der Waals surface area contributed by atoms with E-state index in [4.69, 9.17) is 11.6 Å². The lowest BCUT2D eigenvalue weighted by Gasteiger charge is -2.16. The van der Waals surface area contributed by atoms with Crippen molar-refractivity contribution >= 4 is 38.9 Å². The zero-order chi connectivity index (χ0) is 20.1. The van der Waals surface area contributed by atoms with E-state index in [1.54, 1.807) is 0 Å². The lowest BCUT2D eigenvalue weighted by molar-refractivity contribution is -0.121. The molecule has 9 heteroatoms. The van der Waals surface area contributed by atoms with Gasteiger partial charge in [-0.1, -0.05) is 35.9 Å². The first kappa shape index (κ1) is 21.3. The molecule has 0 saturated carbocycles. The number of benzene rings is 1. The van der Waals surface area contributed by atoms with E-state index in [1.807, 2.05) is 12.1 Å². The molecular weight excluding hydrogens is 418 g/mol. The topological polar surface area (TPSA) is 69.7 Å². The second-order valence-electron chi connectivity index (χ2n) is 6.90. The van der Waals surface area contributed by atoms with Crippen LogP contribution in [0, 0.1) is 0 Å². The predicted octanol–water partition coefficient (Wildman–Crippen LogP) is 2.93. The molecule has 152 valence electrons. The number of sulfonamides is 1. The maximum Gasteiger partial charge on any atom is 0.252 e. The van der Waals surface area contributed by atoms with Crippen LogP contribution in [0.4, 0.5) is 0 Å². The zero-order valence-electron chi connectivity index (χ0n) is 15.7. The molecule has 0 atom stereocenters. The summed E-state index contributed by atoms with van der Waals surface area (Å²) in [5.74, 6) is -0.352. The predicted molar refractivity (Wildman–Crippen MR) is 112 cm³/mol. The van der Waals surface area contributed by atoms with E-state index in [2.05, 4.69) is 22.3 Å². The fraction of sp³-hybridized carbons (Fsp3) is 0.421. The molecule has 1 fully saturated rings. The van der Waals surface area contributed by atoms with Gasteiger partial charge in [-0.3, -0.25) is 9.69 Å². The van der Waals surface area contributed by atoms with Gasteiger partial charge in [0.1, 0.15) is 4.21 Å². The Morgan fingerprint density at radius 1 is 1.14 bits per heavy atom. The molecule has 1 amide bonds. The van der Waals surface area contributed by atoms with E-state index in [1.165, 1.54) is 37.6 Å². The van der Waals surface area contributed by atoms with Crippen molar-refractivity contribution in [1.82, 2.24) is 14.5 Å². The third kappa shape index (κ3) is 5.55. The molecule has 2 aromatic rings. The first-order valence-corrected chi connectivity index (χ1v) is 11.8. The minimum atomic E-state index is -3.71. The number of thiophene rings is 1. The van der Waals surface area contributed by atoms with Crippen molar-refractivity contribution in [3.05, 3.63) is 51.9 Å². The molecule has 1 N–H and O–H groups in total. The van der Waals surface area contributed by atoms with Crippen LogP contribution in [0.15, 0.2) is 40.6 Å². The summed E-state index contributed by atoms with van der Waals surface area (Å²) in [5, 5.41) is 2.77. The standard InChI is InChI=1S/C19H24ClN3O3S2/c1-22(28(25,26)19-9-8-17(20)27-19)14-18(24)21-12-15-4-6-16(7-5-15)13-23-10-2-3-11-23/h4-9H,2-3,10-14H2,1H3,(H,21,24). The molecule has 28 heavy (non-hydrogen) atoms. The molecule has 1 saturated heterocycles. The average Bonchev–Trinajstić information content (AvgIpc) is 3.33. The van der Waals surface area contributed by atoms with Gasteiger partial charge in [0.2, 0.25) is 5.91 Å². The van der Waals surface area contributed by atoms with Crippen LogP contribution in [0.25, 0.3) is 0 Å². The van der Waals surface area contributed by atoms with Crippen LogP contribution in [0.1, 0.15) is 24.0 Å². The van der Waals surface area contributed by atoms with E-state index in [0.717, 1.165) is 40.8 Å². The number of likely N-dealkylation sites (tertiary alicyclic amines) is 1. The smallest absolute Gasteiger partial charge is 0.252 e. The third-order valence-corrected chi connectivity index (χ3v) is 8.20. The van der Waals surface area contributed by atoms with Crippen LogP contribution in [-0.2, 0) is 27.9 Å². The number of nitrogens with one attached hydrogen (secondary N) is 1. The Bertz CT molecular complexity index is 907. The Morgan fingerprint density at radius 3 is 2.39 bits per heavy atom. The molecule has 3 rings (SSSR count). The van der Waals surface area contributed by atoms with Gasteiger partial charge in [-0.25, -0.2) is 8.42 Å². The van der Waals surface area contributed by atoms with Crippen LogP contribution in [0.5, 0.6) is 0 Å². The summed E-state index contributed by atoms with van der Waals surface area (Å²) >= 11 is 6.78. The molecule has 1 aliphatic heterocycles. The highest BCUT2D eigenvalue weighted by atomic mass is 35.5. The van der Waals surface area contributed by atoms with Crippen molar-refractivity contribution in [3.63, 3.8) is 0 Å². The summed E-state index contributed by atoms with van der Waals surface area (Å²) in [4.78, 5) is 14.6. The summed E-state index contributed by atoms with van der Waals surface area (Å²) in [5.41, 5.74) is 2.24. The fourth-order valence-corrected chi connectivity index (χ4v) is 5.92. The van der Waals surface area contributed by atoms with Crippen molar-refractivity contribution in [2.75, 3.05) is 26.7 Å². The zero-order valence-corrected chi connectivity index (χ0v) is 18.1. The highest BCUT2D eigenvalue weighted by Crippen LogP contribution is 2.27. The van der Waals surface area contributed by atoms with Crippen LogP contribution >= 0.6 is 22.9 Å². The first-order chi connectivity index (χ1) is 13.3. The maximum atomic E-state index is 12.4. The van der Waals surface area contributed by atoms with E-state index in [0.29, 0.717) is 10.9 Å². The Hall–Kier alpha value is -1.45. The van der Waals surface area contributed by atoms with Crippen LogP contribution < -0.4 is 5.32 Å². The summed E-state index contributed by atoms with van der Waals surface area (Å²) < 4.78 is 26.4. The number of nitrogens with zero attached hydrogens (tertiary/aromatic N) is 2. The van der Waals surface area contributed by atoms with Crippen LogP contribution in [0.3, 0.4) is 0 Å². The Kier molecular flexibility index (Phi) is 7.11. The van der Waals surface area contributed by atoms with E-state index in [9.17, 15) is 13.2 Å². The molecular formula is C19H24ClN3O3S2. The van der Waals surface area contributed by atoms with Crippen LogP contribution in [0.2, 0.25) is 4.34 Å². The van der Waals surface area contributed by atoms with Crippen molar-refractivity contribution in [2.24, 2.45) is 0 Å². The Labute approximate surface area is 175 Å². The van der Waals surface area contributed by atoms with Gasteiger partial charge in [0.15, 0.2) is 0 Å². The molecule has 2 heterocycles. The van der Waals surface area contributed by atoms with Gasteiger partial charge >= 0.3 is 0 Å². The first-order valence-electron chi connectivity index (χ1n) is 9.13. The molecule has 0 aliphatic carbocycles. The minimum absolute atomic E-state index is 0.126. The van der Waals surface area contributed by atoms with Gasteiger partial charge in [0.25, 0.3) is 10.0 Å². The van der Waals surface area contributed by atoms with Crippen molar-refractivity contribution in [2.45, 2.75) is 30.1 Å². The highest BCUT2D eigenvalue weighted by molar-refractivity contribution is 7.91. The van der Waals surface area contributed by atoms with Gasteiger partial charge in [0.05, 0.1) is 10.9 Å². The second-order valence-corrected chi connectivity index (χ2v) is 10.9. The monoisotopic (exact) mass is 441 g/mol. The van der Waals surface area contributed by atoms with Gasteiger partial charge < -0.3 is 5.32 Å². The van der Waals surface area contributed by atoms with Crippen molar-refractivity contribution < 1.29 is 13.2 Å². The van der Waals surface area contributed by atoms with Crippen molar-refractivity contribution in [3.8, 4) is 0 Å². The Balaban J connectivity index is 1.48. The number of amides is 1. The van der Waals surface area contributed by atoms with Gasteiger partial charge in [-0.15, -0.1) is 11.3 Å². The molecule has 0 radical (unpaired) electrons. The molecule has 0 bridgehead atoms. The summed E-state index contributed by atoms with van der Waals surface area (Å²) in [7, 11) is -2.33. The van der Waals surface area contributed by atoms with Crippen LogP contribution in [-0.4, -0.2) is 50.2 Å². The van der Waals surface area contributed by atoms with E-state index < -0.39 is 10.0 Å². The molecule has 6 nitrogen and oxygen atoms in total. The molecule has 1 aliphatic rings. The fourth-order valence-electron chi connectivity index (χ4n) is 3.10. The quantitative estimate of drug-likeness (QED) is 0.683. The number of hydrogen-bond donors (Lipinski definition) is 1. The number of likely N-dealkylation sites (N-methyl/N-ethyl adjacent to an activating group) is 1. The van der Waals surface area contributed by atoms with Gasteiger partial charge in [-0.2, -0.15) is 4.31 Å². The van der Waals surface area contributed by atoms with Gasteiger partial charge in [-0.05, 0) is 49.2 Å². The maximum absolute atomic E-state index is 12.4. The van der Waals surface area contributed by atoms with E-state index >= 15 is 0 Å². The molecule has 0 unspecified atom stereocenters. The SMILES string of the molecule is CN(CC(=O)NCc1ccc(CN2CCCC2)cc1)S(=O)(=O)c1ccc(Cl)s1. The highest BCUT2D eigenvalue weighted by Gasteiger charge is 2.24. The van der Waals surface area contributed by atoms with Gasteiger partial charge in [0, 0.05) is 20.1 Å². The van der Waals surface area contributed by atoms with Crippen molar-refractivity contribution in [1.29, 1.82) is 0 Å². The lowest BCUT2D eigenvalue weighted by Crippen LogP contribution is -2.37. The third-order valence-electron chi connectivity index (χ3n) is 4.70. The number of carbonyl (C=O) groups excluding carboxylic acids is 1. The number of halogens is 1. The summed E-state index contributed by atoms with van der Waals surface area (Å²) in [6.07, 6.45) is 2.54. The molecule has 0 spiro atoms. The molecule has 1 aromatic heterocycles. The largest absolute Gasteiger partial charge is 0.351 e. The Morgan fingerprint density at radius 2 is 1.79 bits per heavy atom.